The van der Waals surface area contributed by atoms with Crippen molar-refractivity contribution in [1.82, 2.24) is 4.40 Å². The molecule has 202 valence electrons. The number of fused-ring (bicyclic) bond motifs is 5. The average Bonchev–Trinajstić information content (AvgIpc) is 3.22. The topological polar surface area (TPSA) is 8.29 Å². The van der Waals surface area contributed by atoms with E-state index >= 15 is 0 Å². The standard InChI is InChI=1S/C38H41N2/c1-21(2)10-24-6-7-32-30(15-24)31-11-22(3)23(4)34-36(31)40(32)33-17-29(16-28-8-9-39(5)37(34)35(28)33)38-18-25-12-26(19-38)14-27(13-25)20-38/h6-9,11,15-17,21,25-27H,10,12-14,18-20H2,1-5H3/q+1. The molecule has 0 spiro atoms. The van der Waals surface area contributed by atoms with Crippen LogP contribution < -0.4 is 4.57 Å². The van der Waals surface area contributed by atoms with Crippen LogP contribution in [0.4, 0.5) is 0 Å². The first-order chi connectivity index (χ1) is 19.3. The lowest BCUT2D eigenvalue weighted by molar-refractivity contribution is -0.643. The molecule has 4 bridgehead atoms. The highest BCUT2D eigenvalue weighted by atomic mass is 15.0. The highest BCUT2D eigenvalue weighted by Gasteiger charge is 2.51. The molecule has 3 aromatic carbocycles. The molecule has 0 amide bonds. The number of aryl methyl sites for hydroxylation is 3. The molecular weight excluding hydrogens is 484 g/mol. The van der Waals surface area contributed by atoms with Crippen molar-refractivity contribution in [3.8, 4) is 0 Å². The van der Waals surface area contributed by atoms with Gasteiger partial charge in [0.2, 0.25) is 5.52 Å². The van der Waals surface area contributed by atoms with E-state index in [4.69, 9.17) is 0 Å². The van der Waals surface area contributed by atoms with Gasteiger partial charge in [-0.2, -0.15) is 0 Å². The second kappa shape index (κ2) is 7.78. The number of rotatable bonds is 3. The summed E-state index contributed by atoms with van der Waals surface area (Å²) >= 11 is 0. The maximum Gasteiger partial charge on any atom is 0.224 e. The van der Waals surface area contributed by atoms with Crippen molar-refractivity contribution in [3.63, 3.8) is 0 Å². The molecule has 4 fully saturated rings. The zero-order valence-electron chi connectivity index (χ0n) is 24.8. The second-order valence-corrected chi connectivity index (χ2v) is 14.8. The van der Waals surface area contributed by atoms with Crippen LogP contribution in [0, 0.1) is 37.5 Å². The Kier molecular flexibility index (Phi) is 4.58. The van der Waals surface area contributed by atoms with E-state index in [0.717, 1.165) is 24.2 Å². The zero-order valence-corrected chi connectivity index (χ0v) is 24.8. The zero-order chi connectivity index (χ0) is 27.1. The van der Waals surface area contributed by atoms with Crippen molar-refractivity contribution < 1.29 is 4.57 Å². The van der Waals surface area contributed by atoms with Crippen LogP contribution in [0.2, 0.25) is 0 Å². The molecule has 0 N–H and O–H groups in total. The van der Waals surface area contributed by atoms with Gasteiger partial charge in [-0.25, -0.2) is 4.57 Å². The quantitative estimate of drug-likeness (QED) is 0.124. The molecule has 4 saturated carbocycles. The number of hydrogen-bond acceptors (Lipinski definition) is 0. The summed E-state index contributed by atoms with van der Waals surface area (Å²) in [5, 5.41) is 7.13. The number of aromatic nitrogens is 2. The first-order valence-electron chi connectivity index (χ1n) is 15.8. The number of hydrogen-bond donors (Lipinski definition) is 0. The first-order valence-corrected chi connectivity index (χ1v) is 15.8. The van der Waals surface area contributed by atoms with Crippen molar-refractivity contribution >= 4 is 49.0 Å². The molecule has 4 aliphatic carbocycles. The van der Waals surface area contributed by atoms with Crippen molar-refractivity contribution in [1.29, 1.82) is 0 Å². The summed E-state index contributed by atoms with van der Waals surface area (Å²) in [6.45, 7) is 9.30. The molecule has 2 nitrogen and oxygen atoms in total. The lowest BCUT2D eigenvalue weighted by Crippen LogP contribution is -2.48. The summed E-state index contributed by atoms with van der Waals surface area (Å²) in [6.07, 6.45) is 12.2. The highest BCUT2D eigenvalue weighted by molar-refractivity contribution is 6.26. The van der Waals surface area contributed by atoms with Crippen LogP contribution in [0.5, 0.6) is 0 Å². The molecule has 0 radical (unpaired) electrons. The summed E-state index contributed by atoms with van der Waals surface area (Å²) in [6, 6.07) is 17.5. The third-order valence-electron chi connectivity index (χ3n) is 11.6. The number of benzene rings is 3. The smallest absolute Gasteiger partial charge is 0.224 e. The van der Waals surface area contributed by atoms with Gasteiger partial charge in [0.05, 0.1) is 27.3 Å². The summed E-state index contributed by atoms with van der Waals surface area (Å²) < 4.78 is 5.06. The van der Waals surface area contributed by atoms with Crippen molar-refractivity contribution in [2.24, 2.45) is 30.7 Å². The lowest BCUT2D eigenvalue weighted by Gasteiger charge is -2.57. The van der Waals surface area contributed by atoms with E-state index in [-0.39, 0.29) is 0 Å². The van der Waals surface area contributed by atoms with E-state index in [9.17, 15) is 0 Å². The van der Waals surface area contributed by atoms with E-state index < -0.39 is 0 Å². The Balaban J connectivity index is 1.46. The Labute approximate surface area is 237 Å². The Morgan fingerprint density at radius 2 is 1.57 bits per heavy atom. The van der Waals surface area contributed by atoms with Gasteiger partial charge in [-0.05, 0) is 146 Å². The first kappa shape index (κ1) is 23.6. The minimum absolute atomic E-state index is 0.383. The Hall–Kier alpha value is -3.13. The van der Waals surface area contributed by atoms with E-state index in [2.05, 4.69) is 92.4 Å². The van der Waals surface area contributed by atoms with Crippen LogP contribution >= 0.6 is 0 Å². The van der Waals surface area contributed by atoms with Gasteiger partial charge in [-0.15, -0.1) is 0 Å². The van der Waals surface area contributed by atoms with Crippen LogP contribution in [-0.2, 0) is 18.9 Å². The van der Waals surface area contributed by atoms with E-state index in [1.54, 1.807) is 5.56 Å². The maximum atomic E-state index is 2.67. The minimum Gasteiger partial charge on any atom is -0.307 e. The Morgan fingerprint density at radius 1 is 0.850 bits per heavy atom. The third kappa shape index (κ3) is 2.98. The predicted octanol–water partition coefficient (Wildman–Crippen LogP) is 9.10. The molecule has 0 aliphatic heterocycles. The molecule has 10 rings (SSSR count). The van der Waals surface area contributed by atoms with Gasteiger partial charge in [0, 0.05) is 16.8 Å². The summed E-state index contributed by atoms with van der Waals surface area (Å²) in [5.41, 5.74) is 11.9. The summed E-state index contributed by atoms with van der Waals surface area (Å²) in [5.74, 6) is 3.51. The van der Waals surface area contributed by atoms with Crippen LogP contribution in [0.25, 0.3) is 49.0 Å². The number of pyridine rings is 2. The minimum atomic E-state index is 0.383. The molecule has 2 heteroatoms. The van der Waals surface area contributed by atoms with Crippen LogP contribution in [0.3, 0.4) is 0 Å². The molecule has 6 aromatic rings. The largest absolute Gasteiger partial charge is 0.307 e. The molecule has 0 unspecified atom stereocenters. The van der Waals surface area contributed by atoms with Gasteiger partial charge in [-0.1, -0.05) is 19.9 Å². The summed E-state index contributed by atoms with van der Waals surface area (Å²) in [4.78, 5) is 0. The van der Waals surface area contributed by atoms with E-state index in [0.29, 0.717) is 11.3 Å². The van der Waals surface area contributed by atoms with Crippen molar-refractivity contribution in [3.05, 3.63) is 70.9 Å². The molecule has 4 aliphatic rings. The van der Waals surface area contributed by atoms with E-state index in [1.807, 2.05) is 0 Å². The normalized spacial score (nSPS) is 26.2. The molecule has 3 heterocycles. The van der Waals surface area contributed by atoms with Crippen molar-refractivity contribution in [2.75, 3.05) is 0 Å². The number of nitrogens with zero attached hydrogens (tertiary/aromatic N) is 2. The van der Waals surface area contributed by atoms with Gasteiger partial charge in [-0.3, -0.25) is 0 Å². The monoisotopic (exact) mass is 525 g/mol. The van der Waals surface area contributed by atoms with E-state index in [1.165, 1.54) is 104 Å². The van der Waals surface area contributed by atoms with Gasteiger partial charge in [0.25, 0.3) is 0 Å². The Morgan fingerprint density at radius 3 is 2.27 bits per heavy atom. The molecule has 3 aromatic heterocycles. The fraction of sp³-hybridized carbons (Fsp3) is 0.447. The molecule has 0 atom stereocenters. The molecular formula is C38H41N2+. The molecule has 0 saturated heterocycles. The predicted molar refractivity (Wildman–Crippen MR) is 168 cm³/mol. The third-order valence-corrected chi connectivity index (χ3v) is 11.6. The van der Waals surface area contributed by atoms with Crippen LogP contribution in [0.1, 0.15) is 74.6 Å². The second-order valence-electron chi connectivity index (χ2n) is 14.8. The lowest BCUT2D eigenvalue weighted by atomic mass is 9.48. The molecule has 40 heavy (non-hydrogen) atoms. The summed E-state index contributed by atoms with van der Waals surface area (Å²) in [7, 11) is 2.25. The maximum absolute atomic E-state index is 2.67. The SMILES string of the molecule is Cc1cc2c3cc(CC(C)C)ccc3n3c4cc(C56CC7CC(CC(C7)C5)C6)cc5cc[n+](C)c(c(c1C)c23)c54. The van der Waals surface area contributed by atoms with Crippen LogP contribution in [-0.4, -0.2) is 4.40 Å². The van der Waals surface area contributed by atoms with Gasteiger partial charge in [0.1, 0.15) is 7.05 Å². The van der Waals surface area contributed by atoms with Gasteiger partial charge < -0.3 is 4.40 Å². The fourth-order valence-corrected chi connectivity index (χ4v) is 10.3. The van der Waals surface area contributed by atoms with Crippen LogP contribution in [0.15, 0.2) is 48.7 Å². The average molecular weight is 526 g/mol. The Bertz CT molecular complexity index is 1980. The fourth-order valence-electron chi connectivity index (χ4n) is 10.3. The highest BCUT2D eigenvalue weighted by Crippen LogP contribution is 2.61. The van der Waals surface area contributed by atoms with Crippen molar-refractivity contribution in [2.45, 2.75) is 78.1 Å². The van der Waals surface area contributed by atoms with Gasteiger partial charge >= 0.3 is 0 Å². The van der Waals surface area contributed by atoms with Gasteiger partial charge in [0.15, 0.2) is 6.20 Å².